The molecule has 4 aliphatic heterocycles. The predicted octanol–water partition coefficient (Wildman–Crippen LogP) is 5.49. The van der Waals surface area contributed by atoms with E-state index >= 15 is 0 Å². The van der Waals surface area contributed by atoms with Gasteiger partial charge in [-0.2, -0.15) is 9.97 Å². The number of aliphatic hydroxyl groups is 2. The first-order chi connectivity index (χ1) is 58.1. The second-order valence-electron chi connectivity index (χ2n) is 27.8. The molecule has 0 saturated carbocycles. The Kier molecular flexibility index (Phi) is 45.8. The number of hydrogen-bond donors (Lipinski definition) is 5. The van der Waals surface area contributed by atoms with E-state index in [9.17, 15) is 48.3 Å². The zero-order valence-corrected chi connectivity index (χ0v) is 83.1. The number of carbonyl (C=O) groups excluding carboxylic acids is 5. The number of nitrogens with zero attached hydrogens (tertiary/aromatic N) is 9. The van der Waals surface area contributed by atoms with Crippen molar-refractivity contribution < 1.29 is 171 Å². The molecule has 4 fully saturated rings. The van der Waals surface area contributed by atoms with E-state index < -0.39 is 173 Å². The number of piperazine rings is 1. The van der Waals surface area contributed by atoms with Crippen LogP contribution in [0, 0.1) is 132 Å². The number of H-pyrrole nitrogens is 1. The number of benzene rings is 3. The van der Waals surface area contributed by atoms with Crippen LogP contribution in [-0.2, 0) is 108 Å². The minimum Gasteiger partial charge on any atom is -0.456 e. The van der Waals surface area contributed by atoms with E-state index in [-0.39, 0.29) is 197 Å². The third-order valence-electron chi connectivity index (χ3n) is 19.7. The molecular formula is C80H106N12O27P2S2U2-2. The van der Waals surface area contributed by atoms with E-state index in [4.69, 9.17) is 116 Å². The summed E-state index contributed by atoms with van der Waals surface area (Å²) >= 11 is 12.6. The quantitative estimate of drug-likeness (QED) is 0.0137. The number of aromatic nitrogens is 6. The SMILES string of the molecule is CO.[C-]#[N+]CCOP(=S)(OCC1OC(n2cc(C)c(NC(=O)c3ccccc3)nc2=O)C(OCCOC)C1OP(=S)(OCC[N+]#[C-])OCC1OC(n2cc(C)c(=O)[nH]c2=O)C(OCCOC)C1OC(=O)CCC(=O)N1CCN(C(=O)c2cc(C)c(C)c(C)c2)CC1)OC1C(CO)OC(n2cc(C)c(NC(=O)c3ccccc3)nc2=O)C1OCCOC.[CH3-].[CH3-].[U].[U]. The second-order valence-corrected chi connectivity index (χ2v) is 33.8. The Morgan fingerprint density at radius 1 is 0.528 bits per heavy atom. The number of aliphatic hydroxyl groups excluding tert-OH is 2. The monoisotopic (exact) mass is 2270 g/mol. The zero-order chi connectivity index (χ0) is 87.7. The van der Waals surface area contributed by atoms with Crippen molar-refractivity contribution in [2.45, 2.75) is 128 Å². The van der Waals surface area contributed by atoms with E-state index in [0.29, 0.717) is 16.7 Å². The minimum atomic E-state index is -4.59. The fourth-order valence-electron chi connectivity index (χ4n) is 13.3. The maximum absolute atomic E-state index is 14.7. The first kappa shape index (κ1) is 109. The minimum absolute atomic E-state index is 0. The van der Waals surface area contributed by atoms with Gasteiger partial charge in [-0.15, -0.1) is 0 Å². The molecule has 0 aliphatic carbocycles. The molecule has 5 N–H and O–H groups in total. The van der Waals surface area contributed by atoms with Crippen molar-refractivity contribution in [1.82, 2.24) is 38.5 Å². The number of amides is 4. The van der Waals surface area contributed by atoms with Gasteiger partial charge in [0.25, 0.3) is 23.3 Å². The van der Waals surface area contributed by atoms with Crippen molar-refractivity contribution >= 4 is 78.3 Å². The number of methoxy groups -OCH3 is 3. The molecule has 3 aromatic heterocycles. The number of nitrogens with one attached hydrogen (secondary N) is 3. The van der Waals surface area contributed by atoms with Gasteiger partial charge in [-0.1, -0.05) is 36.4 Å². The summed E-state index contributed by atoms with van der Waals surface area (Å²) in [5.41, 5.74) is 1.10. The molecule has 0 spiro atoms. The van der Waals surface area contributed by atoms with Crippen molar-refractivity contribution in [3.05, 3.63) is 221 Å². The van der Waals surface area contributed by atoms with Crippen LogP contribution < -0.4 is 33.3 Å². The van der Waals surface area contributed by atoms with Crippen LogP contribution in [0.1, 0.15) is 96.0 Å². The van der Waals surface area contributed by atoms with Gasteiger partial charge in [0.05, 0.1) is 65.9 Å². The summed E-state index contributed by atoms with van der Waals surface area (Å²) < 4.78 is 104. The largest absolute Gasteiger partial charge is 0.456 e. The topological polar surface area (TPSA) is 437 Å². The van der Waals surface area contributed by atoms with Crippen LogP contribution in [-0.4, -0.2) is 274 Å². The van der Waals surface area contributed by atoms with Crippen LogP contribution in [0.15, 0.2) is 111 Å². The Morgan fingerprint density at radius 3 is 1.36 bits per heavy atom. The van der Waals surface area contributed by atoms with Crippen LogP contribution in [0.3, 0.4) is 0 Å². The molecule has 6 aromatic rings. The second kappa shape index (κ2) is 52.7. The molecule has 45 heteroatoms. The summed E-state index contributed by atoms with van der Waals surface area (Å²) in [6.45, 7) is 13.1. The van der Waals surface area contributed by atoms with E-state index in [1.54, 1.807) is 84.3 Å². The molecule has 14 atom stereocenters. The van der Waals surface area contributed by atoms with Crippen LogP contribution in [0.25, 0.3) is 9.69 Å². The molecule has 39 nitrogen and oxygen atoms in total. The van der Waals surface area contributed by atoms with Gasteiger partial charge in [0.2, 0.25) is 19.0 Å². The van der Waals surface area contributed by atoms with Gasteiger partial charge >= 0.3 is 36.5 Å². The molecule has 4 aliphatic rings. The number of hydrogen-bond acceptors (Lipinski definition) is 31. The normalized spacial score (nSPS) is 21.6. The fourth-order valence-corrected chi connectivity index (χ4v) is 17.5. The van der Waals surface area contributed by atoms with Gasteiger partial charge in [-0.25, -0.2) is 27.5 Å². The molecule has 10 rings (SSSR count). The molecule has 4 amide bonds. The van der Waals surface area contributed by atoms with E-state index in [0.717, 1.165) is 37.5 Å². The van der Waals surface area contributed by atoms with Gasteiger partial charge in [0.1, 0.15) is 73.7 Å². The number of esters is 1. The van der Waals surface area contributed by atoms with Crippen LogP contribution in [0.2, 0.25) is 0 Å². The summed E-state index contributed by atoms with van der Waals surface area (Å²) in [5, 5.41) is 23.5. The van der Waals surface area contributed by atoms with Gasteiger partial charge in [-0.05, 0) is 118 Å². The van der Waals surface area contributed by atoms with E-state index in [1.807, 2.05) is 32.9 Å². The van der Waals surface area contributed by atoms with Gasteiger partial charge in [-0.3, -0.25) is 56.5 Å². The van der Waals surface area contributed by atoms with Crippen molar-refractivity contribution in [3.8, 4) is 0 Å². The molecule has 680 valence electrons. The molecule has 3 aromatic carbocycles. The summed E-state index contributed by atoms with van der Waals surface area (Å²) in [5.74, 6) is -2.85. The third kappa shape index (κ3) is 29.1. The molecule has 0 bridgehead atoms. The van der Waals surface area contributed by atoms with Crippen LogP contribution >= 0.6 is 13.4 Å². The molecule has 125 heavy (non-hydrogen) atoms. The van der Waals surface area contributed by atoms with Crippen LogP contribution in [0.4, 0.5) is 11.6 Å². The third-order valence-corrected chi connectivity index (χ3v) is 24.4. The maximum Gasteiger partial charge on any atom is 0.351 e. The smallest absolute Gasteiger partial charge is 0.351 e. The Balaban J connectivity index is 0.00000459. The summed E-state index contributed by atoms with van der Waals surface area (Å²) in [4.78, 5) is 145. The van der Waals surface area contributed by atoms with Crippen LogP contribution in [0.5, 0.6) is 0 Å². The van der Waals surface area contributed by atoms with E-state index in [1.165, 1.54) is 46.8 Å². The van der Waals surface area contributed by atoms with Crippen molar-refractivity contribution in [3.63, 3.8) is 0 Å². The number of aryl methyl sites for hydroxylation is 5. The van der Waals surface area contributed by atoms with E-state index in [2.05, 4.69) is 35.3 Å². The predicted molar refractivity (Wildman–Crippen MR) is 453 cm³/mol. The summed E-state index contributed by atoms with van der Waals surface area (Å²) in [6, 6.07) is 20.1. The Morgan fingerprint density at radius 2 is 0.928 bits per heavy atom. The maximum atomic E-state index is 14.7. The van der Waals surface area contributed by atoms with Crippen molar-refractivity contribution in [2.24, 2.45) is 0 Å². The number of rotatable bonds is 41. The zero-order valence-electron chi connectivity index (χ0n) is 71.4. The summed E-state index contributed by atoms with van der Waals surface area (Å²) in [6.07, 6.45) is -15.1. The number of aromatic amines is 1. The molecule has 7 heterocycles. The first-order valence-corrected chi connectivity index (χ1v) is 43.5. The van der Waals surface area contributed by atoms with Crippen molar-refractivity contribution in [1.29, 1.82) is 0 Å². The number of ether oxygens (including phenoxy) is 10. The number of anilines is 2. The molecule has 4 saturated heterocycles. The average Bonchev–Trinajstić information content (AvgIpc) is 1.61. The number of carbonyl (C=O) groups is 5. The Bertz CT molecular complexity index is 4980. The molecule has 14 unspecified atom stereocenters. The van der Waals surface area contributed by atoms with Gasteiger partial charge in [0, 0.05) is 175 Å². The first-order valence-electron chi connectivity index (χ1n) is 38.4. The Hall–Kier alpha value is -6.85. The Labute approximate surface area is 781 Å². The fraction of sp³-hybridized carbons (Fsp3) is 0.512. The summed E-state index contributed by atoms with van der Waals surface area (Å²) in [7, 11) is 5.22. The van der Waals surface area contributed by atoms with Gasteiger partial charge < -0.3 is 121 Å². The average molecular weight is 2270 g/mol. The standard InChI is InChI=1S/C77H96N12O26P2S2.CH4O.2CH3.2U/c1-46-38-54(39-47(2)51(46)6)71(96)86-28-26-85(27-29-86)58(91)22-23-59(92)113-60-56(111-72(63(60)103-35-32-100-9)89-42-50(5)68(93)84-77(89)99)44-108-117(119,107-31-25-79-8)115-62-57(112-74(65(62)105-37-34-102-11)88-41-49(4)67(83-76(88)98)81-70(95)53-20-16-13-17-21-53)45-109-116(118,106-30-24-78-7)114-61-55(43-90)110-73(64(61)104-36-33-101-10)87-40-48(3)66(82-75(87)97)80-69(94)52-18-14-12-15-19-52;1-2;;;;/h12-21,38-42,55-57,60-65,72-74,90H,22-37,43-45H2,1-6,9-11H3,(H,84,93,99)(H,80,82,94,97)(H,81,83,95,98);2H,1H3;2*1H3;;/q;;2*-1;;. The molecular weight excluding hydrogens is 2160 g/mol. The molecule has 0 radical (unpaired) electrons. The van der Waals surface area contributed by atoms with Crippen molar-refractivity contribution in [2.75, 3.05) is 151 Å². The van der Waals surface area contributed by atoms with Gasteiger partial charge in [0.15, 0.2) is 24.8 Å².